The standard InChI is InChI=1S/C47H67N4O9S/c1-4-36(39-17-25-51(26-18-39)24-11-29-61(58,59)60)31-42(32-41(38-15-21-48-22-16-38)30-35(2)37-12-7-5-8-13-37)40-19-27-50(28-20-40)23-10-6-9-14-45(55)49(3)33-43(53)46(56)47(57)44(54)34-52/h5,7-8,12-13,15-22,25-28,35-36,41-44,46-47,52-54,56-57H,4,6,9-11,14,23-24,29-34H2,1-3H3/q+1/p+1. The Balaban J connectivity index is 1.44. The van der Waals surface area contributed by atoms with E-state index in [0.717, 1.165) is 45.1 Å². The summed E-state index contributed by atoms with van der Waals surface area (Å²) < 4.78 is 35.7. The maximum Gasteiger partial charge on any atom is 0.265 e. The molecule has 0 aliphatic heterocycles. The summed E-state index contributed by atoms with van der Waals surface area (Å²) in [6.07, 6.45) is 12.2. The highest BCUT2D eigenvalue weighted by molar-refractivity contribution is 7.85. The molecule has 0 radical (unpaired) electrons. The van der Waals surface area contributed by atoms with Gasteiger partial charge in [0, 0.05) is 69.5 Å². The Labute approximate surface area is 362 Å². The normalized spacial score (nSPS) is 15.9. The van der Waals surface area contributed by atoms with E-state index < -0.39 is 41.1 Å². The Hall–Kier alpha value is -4.15. The van der Waals surface area contributed by atoms with E-state index in [1.54, 1.807) is 0 Å². The van der Waals surface area contributed by atoms with Crippen LogP contribution in [0.25, 0.3) is 0 Å². The molecule has 4 rings (SSSR count). The van der Waals surface area contributed by atoms with Crippen molar-refractivity contribution in [3.63, 3.8) is 0 Å². The van der Waals surface area contributed by atoms with Crippen LogP contribution in [0, 0.1) is 0 Å². The van der Waals surface area contributed by atoms with Gasteiger partial charge in [0.2, 0.25) is 5.91 Å². The molecule has 14 heteroatoms. The van der Waals surface area contributed by atoms with Gasteiger partial charge in [-0.05, 0) is 96.6 Å². The fourth-order valence-corrected chi connectivity index (χ4v) is 8.64. The van der Waals surface area contributed by atoms with Gasteiger partial charge in [-0.15, -0.1) is 0 Å². The zero-order valence-electron chi connectivity index (χ0n) is 35.9. The number of aryl methyl sites for hydroxylation is 2. The second-order valence-electron chi connectivity index (χ2n) is 16.6. The van der Waals surface area contributed by atoms with E-state index in [1.165, 1.54) is 34.2 Å². The highest BCUT2D eigenvalue weighted by Gasteiger charge is 2.31. The number of unbranched alkanes of at least 4 members (excludes halogenated alkanes) is 2. The first-order valence-corrected chi connectivity index (χ1v) is 23.2. The van der Waals surface area contributed by atoms with Crippen molar-refractivity contribution in [2.75, 3.05) is 26.0 Å². The Kier molecular flexibility index (Phi) is 20.4. The van der Waals surface area contributed by atoms with Gasteiger partial charge in [0.15, 0.2) is 24.8 Å². The monoisotopic (exact) mass is 864 g/mol. The molecule has 6 N–H and O–H groups in total. The average Bonchev–Trinajstić information content (AvgIpc) is 3.27. The van der Waals surface area contributed by atoms with Crippen LogP contribution >= 0.6 is 0 Å². The third-order valence-corrected chi connectivity index (χ3v) is 12.7. The molecule has 3 aromatic heterocycles. The molecule has 1 aromatic carbocycles. The highest BCUT2D eigenvalue weighted by atomic mass is 32.2. The summed E-state index contributed by atoms with van der Waals surface area (Å²) in [5.74, 6) is 0.698. The van der Waals surface area contributed by atoms with Gasteiger partial charge in [-0.1, -0.05) is 44.2 Å². The van der Waals surface area contributed by atoms with Crippen LogP contribution in [0.5, 0.6) is 0 Å². The van der Waals surface area contributed by atoms with E-state index >= 15 is 0 Å². The molecular weight excluding hydrogens is 797 g/mol. The van der Waals surface area contributed by atoms with Crippen LogP contribution in [0.3, 0.4) is 0 Å². The van der Waals surface area contributed by atoms with Crippen LogP contribution in [0.4, 0.5) is 0 Å². The first kappa shape index (κ1) is 49.5. The number of aromatic nitrogens is 3. The van der Waals surface area contributed by atoms with Crippen molar-refractivity contribution in [3.8, 4) is 0 Å². The zero-order chi connectivity index (χ0) is 44.4. The smallest absolute Gasteiger partial charge is 0.265 e. The Bertz CT molecular complexity index is 1960. The number of aliphatic hydroxyl groups is 5. The molecule has 4 aromatic rings. The molecule has 0 aliphatic rings. The van der Waals surface area contributed by atoms with E-state index in [4.69, 9.17) is 9.66 Å². The highest BCUT2D eigenvalue weighted by Crippen LogP contribution is 2.41. The lowest BCUT2D eigenvalue weighted by atomic mass is 9.75. The molecule has 334 valence electrons. The zero-order valence-corrected chi connectivity index (χ0v) is 36.8. The number of amides is 1. The summed E-state index contributed by atoms with van der Waals surface area (Å²) in [5, 5.41) is 48.8. The van der Waals surface area contributed by atoms with Gasteiger partial charge in [0.05, 0.1) is 12.4 Å². The third kappa shape index (κ3) is 16.6. The number of hydrogen-bond acceptors (Lipinski definition) is 9. The molecule has 0 bridgehead atoms. The van der Waals surface area contributed by atoms with Gasteiger partial charge in [-0.3, -0.25) is 14.3 Å². The number of hydrogen-bond donors (Lipinski definition) is 6. The fourth-order valence-electron chi connectivity index (χ4n) is 8.14. The molecule has 0 fully saturated rings. The van der Waals surface area contributed by atoms with E-state index in [9.17, 15) is 33.6 Å². The first-order chi connectivity index (χ1) is 29.2. The second kappa shape index (κ2) is 25.1. The van der Waals surface area contributed by atoms with Gasteiger partial charge < -0.3 is 30.4 Å². The van der Waals surface area contributed by atoms with Crippen molar-refractivity contribution < 1.29 is 52.4 Å². The minimum absolute atomic E-state index is 0.203. The number of pyridine rings is 3. The predicted octanol–water partition coefficient (Wildman–Crippen LogP) is 4.42. The number of carbonyl (C=O) groups is 1. The van der Waals surface area contributed by atoms with Crippen LogP contribution in [-0.2, 0) is 28.0 Å². The maximum atomic E-state index is 12.7. The summed E-state index contributed by atoms with van der Waals surface area (Å²) in [6.45, 7) is 4.82. The molecule has 0 saturated carbocycles. The van der Waals surface area contributed by atoms with Crippen molar-refractivity contribution in [2.45, 2.75) is 133 Å². The van der Waals surface area contributed by atoms with Crippen LogP contribution in [0.2, 0.25) is 0 Å². The van der Waals surface area contributed by atoms with Crippen LogP contribution in [0.1, 0.15) is 118 Å². The van der Waals surface area contributed by atoms with Gasteiger partial charge in [0.1, 0.15) is 37.5 Å². The lowest BCUT2D eigenvalue weighted by Gasteiger charge is -2.29. The van der Waals surface area contributed by atoms with Crippen molar-refractivity contribution in [1.82, 2.24) is 9.88 Å². The van der Waals surface area contributed by atoms with Gasteiger partial charge in [0.25, 0.3) is 10.1 Å². The van der Waals surface area contributed by atoms with Crippen molar-refractivity contribution in [1.29, 1.82) is 0 Å². The molecule has 0 spiro atoms. The van der Waals surface area contributed by atoms with Gasteiger partial charge >= 0.3 is 0 Å². The van der Waals surface area contributed by atoms with Gasteiger partial charge in [-0.25, -0.2) is 9.13 Å². The number of aliphatic hydroxyl groups excluding tert-OH is 5. The molecule has 8 atom stereocenters. The minimum atomic E-state index is -4.00. The number of carbonyl (C=O) groups excluding carboxylic acids is 1. The maximum absolute atomic E-state index is 12.7. The minimum Gasteiger partial charge on any atom is -0.394 e. The van der Waals surface area contributed by atoms with E-state index in [2.05, 4.69) is 103 Å². The lowest BCUT2D eigenvalue weighted by Crippen LogP contribution is -2.49. The quantitative estimate of drug-likeness (QED) is 0.0284. The summed E-state index contributed by atoms with van der Waals surface area (Å²) in [7, 11) is -2.49. The van der Waals surface area contributed by atoms with Crippen LogP contribution < -0.4 is 9.13 Å². The molecule has 0 aliphatic carbocycles. The Morgan fingerprint density at radius 1 is 0.689 bits per heavy atom. The van der Waals surface area contributed by atoms with Crippen molar-refractivity contribution in [3.05, 3.63) is 126 Å². The number of benzene rings is 1. The second-order valence-corrected chi connectivity index (χ2v) is 18.1. The van der Waals surface area contributed by atoms with E-state index in [1.807, 2.05) is 29.4 Å². The molecule has 0 saturated heterocycles. The van der Waals surface area contributed by atoms with Gasteiger partial charge in [-0.2, -0.15) is 8.42 Å². The fraction of sp³-hybridized carbons (Fsp3) is 0.532. The van der Waals surface area contributed by atoms with Crippen molar-refractivity contribution >= 4 is 16.0 Å². The summed E-state index contributed by atoms with van der Waals surface area (Å²) >= 11 is 0. The van der Waals surface area contributed by atoms with Crippen LogP contribution in [-0.4, -0.2) is 105 Å². The Morgan fingerprint density at radius 2 is 1.21 bits per heavy atom. The summed E-state index contributed by atoms with van der Waals surface area (Å²) in [6, 6.07) is 23.7. The molecule has 1 amide bonds. The average molecular weight is 865 g/mol. The first-order valence-electron chi connectivity index (χ1n) is 21.6. The van der Waals surface area contributed by atoms with E-state index in [-0.39, 0.29) is 42.4 Å². The number of likely N-dealkylation sites (N-methyl/N-ethyl adjacent to an activating group) is 1. The van der Waals surface area contributed by atoms with Crippen molar-refractivity contribution in [2.24, 2.45) is 0 Å². The lowest BCUT2D eigenvalue weighted by molar-refractivity contribution is -0.697. The van der Waals surface area contributed by atoms with E-state index in [0.29, 0.717) is 25.3 Å². The topological polar surface area (TPSA) is 196 Å². The molecule has 8 unspecified atom stereocenters. The third-order valence-electron chi connectivity index (χ3n) is 11.9. The predicted molar refractivity (Wildman–Crippen MR) is 233 cm³/mol. The molecule has 3 heterocycles. The largest absolute Gasteiger partial charge is 0.394 e. The Morgan fingerprint density at radius 3 is 1.79 bits per heavy atom. The van der Waals surface area contributed by atoms with Crippen LogP contribution in [0.15, 0.2) is 104 Å². The summed E-state index contributed by atoms with van der Waals surface area (Å²) in [5.41, 5.74) is 5.11. The molecular formula is C47H68N4O9S+2. The number of rotatable bonds is 27. The number of nitrogens with zero attached hydrogens (tertiary/aromatic N) is 4. The SMILES string of the molecule is CCC(CC(CC(CC(C)c1ccccc1)c1ccncc1)c1cc[n+](CCCCCC(=O)N(C)CC(O)C(O)C(O)C(O)CO)cc1)c1cc[n+](CCCS(=O)(=O)O)cc1. The summed E-state index contributed by atoms with van der Waals surface area (Å²) in [4.78, 5) is 18.3. The molecule has 13 nitrogen and oxygen atoms in total. The molecule has 61 heavy (non-hydrogen) atoms.